The summed E-state index contributed by atoms with van der Waals surface area (Å²) in [5.74, 6) is -1.70. The van der Waals surface area contributed by atoms with Gasteiger partial charge < -0.3 is 21.3 Å². The number of fused-ring (bicyclic) bond motifs is 3. The number of aromatic nitrogens is 2. The van der Waals surface area contributed by atoms with Gasteiger partial charge in [0.2, 0.25) is 11.9 Å². The van der Waals surface area contributed by atoms with Crippen molar-refractivity contribution in [2.75, 3.05) is 25.5 Å². The first kappa shape index (κ1) is 28.4. The second-order valence-corrected chi connectivity index (χ2v) is 10.9. The highest BCUT2D eigenvalue weighted by molar-refractivity contribution is 6.31. The van der Waals surface area contributed by atoms with E-state index in [1.165, 1.54) is 25.2 Å². The van der Waals surface area contributed by atoms with Gasteiger partial charge in [0.15, 0.2) is 0 Å². The molecule has 1 aromatic heterocycles. The number of aliphatic imine (C=N–C) groups is 1. The molecule has 12 heteroatoms. The van der Waals surface area contributed by atoms with Crippen molar-refractivity contribution in [1.29, 1.82) is 0 Å². The van der Waals surface area contributed by atoms with Crippen LogP contribution in [0.15, 0.2) is 71.9 Å². The molecule has 4 N–H and O–H groups in total. The van der Waals surface area contributed by atoms with Crippen LogP contribution in [-0.2, 0) is 11.3 Å². The van der Waals surface area contributed by atoms with Gasteiger partial charge in [0, 0.05) is 59.3 Å². The van der Waals surface area contributed by atoms with Crippen molar-refractivity contribution in [1.82, 2.24) is 20.2 Å². The highest BCUT2D eigenvalue weighted by Gasteiger charge is 2.42. The van der Waals surface area contributed by atoms with Crippen LogP contribution in [0.5, 0.6) is 0 Å². The summed E-state index contributed by atoms with van der Waals surface area (Å²) in [5, 5.41) is 6.09. The summed E-state index contributed by atoms with van der Waals surface area (Å²) in [4.78, 5) is 40.4. The van der Waals surface area contributed by atoms with E-state index < -0.39 is 17.2 Å². The number of benzene rings is 3. The maximum atomic E-state index is 14.8. The molecule has 0 bridgehead atoms. The summed E-state index contributed by atoms with van der Waals surface area (Å²) in [7, 11) is 1.52. The number of nitrogens with zero attached hydrogens (tertiary/aromatic N) is 4. The van der Waals surface area contributed by atoms with Gasteiger partial charge in [-0.3, -0.25) is 14.6 Å². The van der Waals surface area contributed by atoms with Gasteiger partial charge in [-0.15, -0.1) is 0 Å². The van der Waals surface area contributed by atoms with Crippen molar-refractivity contribution >= 4 is 40.8 Å². The number of hydrogen-bond donors (Lipinski definition) is 3. The van der Waals surface area contributed by atoms with Gasteiger partial charge in [-0.05, 0) is 55.0 Å². The molecule has 0 spiro atoms. The van der Waals surface area contributed by atoms with Crippen LogP contribution >= 0.6 is 11.6 Å². The van der Waals surface area contributed by atoms with Crippen LogP contribution < -0.4 is 16.4 Å². The van der Waals surface area contributed by atoms with Crippen molar-refractivity contribution in [2.45, 2.75) is 18.5 Å². The molecule has 3 heterocycles. The third-order valence-electron chi connectivity index (χ3n) is 7.62. The minimum atomic E-state index is -1.10. The average molecular weight is 602 g/mol. The molecule has 9 nitrogen and oxygen atoms in total. The molecule has 2 amide bonds. The number of carbonyl (C=O) groups excluding carboxylic acids is 2. The Balaban J connectivity index is 1.25. The predicted octanol–water partition coefficient (Wildman–Crippen LogP) is 4.46. The van der Waals surface area contributed by atoms with E-state index in [0.29, 0.717) is 51.6 Å². The van der Waals surface area contributed by atoms with E-state index >= 15 is 0 Å². The zero-order valence-corrected chi connectivity index (χ0v) is 23.8. The number of nitrogens with one attached hydrogen (secondary N) is 2. The number of halogens is 3. The lowest BCUT2D eigenvalue weighted by molar-refractivity contribution is -0.125. The number of hydrogen-bond acceptors (Lipinski definition) is 7. The van der Waals surface area contributed by atoms with Gasteiger partial charge in [0.25, 0.3) is 5.91 Å². The first-order valence-electron chi connectivity index (χ1n) is 13.5. The van der Waals surface area contributed by atoms with Crippen LogP contribution in [0.1, 0.15) is 33.5 Å². The topological polar surface area (TPSA) is 126 Å². The molecule has 0 aliphatic carbocycles. The molecule has 2 aliphatic rings. The lowest BCUT2D eigenvalue weighted by atomic mass is 9.95. The Hall–Kier alpha value is -4.74. The van der Waals surface area contributed by atoms with Crippen molar-refractivity contribution in [3.8, 4) is 11.3 Å². The van der Waals surface area contributed by atoms with E-state index in [0.717, 1.165) is 0 Å². The normalized spacial score (nSPS) is 17.4. The minimum absolute atomic E-state index is 0.0995. The monoisotopic (exact) mass is 601 g/mol. The Bertz CT molecular complexity index is 1780. The Kier molecular flexibility index (Phi) is 7.37. The molecule has 6 rings (SSSR count). The zero-order valence-electron chi connectivity index (χ0n) is 23.0. The standard InChI is InChI=1S/C31H26ClF2N7O2/c1-36-29(43)31(35)11-12-41(16-31)28(42)17-5-8-20(9-6-17)39-30-38-15-18-14-37-27(25-23(33)3-2-4-24(25)34)22-13-19(32)7-10-21(22)26(18)40-30/h2-10,13,15H,11-12,14,16,35H2,1H3,(H,36,43)(H,38,39,40). The van der Waals surface area contributed by atoms with E-state index in [1.807, 2.05) is 0 Å². The SMILES string of the molecule is CNC(=O)C1(N)CCN(C(=O)c2ccc(Nc3ncc4c(n3)-c3ccc(Cl)cc3C(c3c(F)cccc3F)=NC4)cc2)C1. The van der Waals surface area contributed by atoms with Crippen molar-refractivity contribution in [2.24, 2.45) is 10.7 Å². The number of likely N-dealkylation sites (N-methyl/N-ethyl adjacent to an activating group) is 1. The molecule has 0 saturated carbocycles. The molecule has 4 aromatic rings. The number of anilines is 2. The van der Waals surface area contributed by atoms with Gasteiger partial charge >= 0.3 is 0 Å². The molecule has 1 saturated heterocycles. The van der Waals surface area contributed by atoms with Crippen LogP contribution in [0.2, 0.25) is 5.02 Å². The van der Waals surface area contributed by atoms with Crippen molar-refractivity contribution < 1.29 is 18.4 Å². The number of rotatable bonds is 5. The van der Waals surface area contributed by atoms with Crippen LogP contribution in [0.4, 0.5) is 20.4 Å². The molecule has 0 radical (unpaired) electrons. The predicted molar refractivity (Wildman–Crippen MR) is 159 cm³/mol. The molecule has 43 heavy (non-hydrogen) atoms. The number of nitrogens with two attached hydrogens (primary N) is 1. The van der Waals surface area contributed by atoms with E-state index in [-0.39, 0.29) is 42.1 Å². The number of likely N-dealkylation sites (tertiary alicyclic amines) is 1. The summed E-state index contributed by atoms with van der Waals surface area (Å²) < 4.78 is 29.6. The Labute approximate surface area is 250 Å². The van der Waals surface area contributed by atoms with Gasteiger partial charge in [-0.2, -0.15) is 0 Å². The average Bonchev–Trinajstić information content (AvgIpc) is 3.34. The molecule has 1 fully saturated rings. The van der Waals surface area contributed by atoms with Gasteiger partial charge in [-0.25, -0.2) is 18.7 Å². The fourth-order valence-electron chi connectivity index (χ4n) is 5.37. The van der Waals surface area contributed by atoms with Crippen LogP contribution in [0.3, 0.4) is 0 Å². The zero-order chi connectivity index (χ0) is 30.3. The van der Waals surface area contributed by atoms with Gasteiger partial charge in [-0.1, -0.05) is 23.7 Å². The minimum Gasteiger partial charge on any atom is -0.358 e. The number of carbonyl (C=O) groups is 2. The summed E-state index contributed by atoms with van der Waals surface area (Å²) in [5.41, 5.74) is 8.34. The molecule has 218 valence electrons. The van der Waals surface area contributed by atoms with Gasteiger partial charge in [0.1, 0.15) is 17.2 Å². The third-order valence-corrected chi connectivity index (χ3v) is 7.85. The Morgan fingerprint density at radius 2 is 1.79 bits per heavy atom. The lowest BCUT2D eigenvalue weighted by Gasteiger charge is -2.22. The Morgan fingerprint density at radius 1 is 1.05 bits per heavy atom. The van der Waals surface area contributed by atoms with E-state index in [2.05, 4.69) is 20.6 Å². The summed E-state index contributed by atoms with van der Waals surface area (Å²) in [6.45, 7) is 0.617. The summed E-state index contributed by atoms with van der Waals surface area (Å²) in [6, 6.07) is 15.5. The smallest absolute Gasteiger partial charge is 0.253 e. The van der Waals surface area contributed by atoms with Crippen LogP contribution in [0, 0.1) is 11.6 Å². The number of amides is 2. The van der Waals surface area contributed by atoms with E-state index in [4.69, 9.17) is 22.3 Å². The quantitative estimate of drug-likeness (QED) is 0.310. The summed E-state index contributed by atoms with van der Waals surface area (Å²) >= 11 is 6.30. The maximum Gasteiger partial charge on any atom is 0.253 e. The fourth-order valence-corrected chi connectivity index (χ4v) is 5.54. The second-order valence-electron chi connectivity index (χ2n) is 10.4. The molecule has 3 aromatic carbocycles. The molecule has 1 atom stereocenters. The molecule has 1 unspecified atom stereocenters. The van der Waals surface area contributed by atoms with E-state index in [9.17, 15) is 18.4 Å². The fraction of sp³-hybridized carbons (Fsp3) is 0.194. The van der Waals surface area contributed by atoms with Gasteiger partial charge in [0.05, 0.1) is 23.5 Å². The van der Waals surface area contributed by atoms with Crippen molar-refractivity contribution in [3.63, 3.8) is 0 Å². The molecular weight excluding hydrogens is 576 g/mol. The molecular formula is C31H26ClF2N7O2. The maximum absolute atomic E-state index is 14.8. The van der Waals surface area contributed by atoms with Crippen LogP contribution in [0.25, 0.3) is 11.3 Å². The van der Waals surface area contributed by atoms with E-state index in [1.54, 1.807) is 53.6 Å². The van der Waals surface area contributed by atoms with Crippen molar-refractivity contribution in [3.05, 3.63) is 106 Å². The summed E-state index contributed by atoms with van der Waals surface area (Å²) in [6.07, 6.45) is 1.99. The first-order chi connectivity index (χ1) is 20.7. The Morgan fingerprint density at radius 3 is 2.51 bits per heavy atom. The highest BCUT2D eigenvalue weighted by atomic mass is 35.5. The third kappa shape index (κ3) is 5.33. The highest BCUT2D eigenvalue weighted by Crippen LogP contribution is 2.35. The first-order valence-corrected chi connectivity index (χ1v) is 13.9. The lowest BCUT2D eigenvalue weighted by Crippen LogP contribution is -2.55. The molecule has 2 aliphatic heterocycles. The largest absolute Gasteiger partial charge is 0.358 e. The van der Waals surface area contributed by atoms with Crippen LogP contribution in [-0.4, -0.2) is 58.1 Å². The second kappa shape index (κ2) is 11.2.